The second-order valence-electron chi connectivity index (χ2n) is 4.52. The fraction of sp³-hybridized carbons (Fsp3) is 0.312. The van der Waals surface area contributed by atoms with E-state index in [1.165, 1.54) is 20.5 Å². The predicted octanol–water partition coefficient (Wildman–Crippen LogP) is 2.63. The maximum absolute atomic E-state index is 12.0. The molecule has 1 aromatic carbocycles. The largest absolute Gasteiger partial charge is 0.495 e. The minimum atomic E-state index is -0.860. The molecule has 2 aromatic rings. The second kappa shape index (κ2) is 7.51. The van der Waals surface area contributed by atoms with Crippen LogP contribution in [-0.2, 0) is 14.3 Å². The zero-order valence-corrected chi connectivity index (χ0v) is 12.7. The van der Waals surface area contributed by atoms with Crippen molar-refractivity contribution in [3.05, 3.63) is 48.4 Å². The van der Waals surface area contributed by atoms with E-state index in [1.807, 2.05) is 24.3 Å². The van der Waals surface area contributed by atoms with Crippen LogP contribution in [0.4, 0.5) is 5.69 Å². The maximum atomic E-state index is 12.0. The summed E-state index contributed by atoms with van der Waals surface area (Å²) >= 11 is 0. The minimum absolute atomic E-state index is 0.494. The lowest BCUT2D eigenvalue weighted by Crippen LogP contribution is -2.35. The Kier molecular flexibility index (Phi) is 5.43. The fourth-order valence-electron chi connectivity index (χ4n) is 2.18. The molecule has 0 amide bonds. The van der Waals surface area contributed by atoms with Gasteiger partial charge in [0.25, 0.3) is 0 Å². The predicted molar refractivity (Wildman–Crippen MR) is 80.9 cm³/mol. The van der Waals surface area contributed by atoms with Crippen LogP contribution in [-0.4, -0.2) is 33.4 Å². The molecule has 0 aliphatic carbocycles. The van der Waals surface area contributed by atoms with Gasteiger partial charge in [-0.3, -0.25) is 0 Å². The lowest BCUT2D eigenvalue weighted by atomic mass is 10.1. The Morgan fingerprint density at radius 1 is 1.14 bits per heavy atom. The van der Waals surface area contributed by atoms with Gasteiger partial charge in [0.15, 0.2) is 6.10 Å². The summed E-state index contributed by atoms with van der Waals surface area (Å²) < 4.78 is 20.8. The Labute approximate surface area is 129 Å². The first kappa shape index (κ1) is 15.9. The SMILES string of the molecule is COC(=O)[C@@H](OC)[C@H](Nc1ccccc1OC)c1ccco1. The van der Waals surface area contributed by atoms with Gasteiger partial charge in [0.2, 0.25) is 0 Å². The van der Waals surface area contributed by atoms with Gasteiger partial charge >= 0.3 is 5.97 Å². The van der Waals surface area contributed by atoms with Crippen molar-refractivity contribution in [2.24, 2.45) is 0 Å². The van der Waals surface area contributed by atoms with Gasteiger partial charge in [-0.05, 0) is 24.3 Å². The zero-order chi connectivity index (χ0) is 15.9. The average Bonchev–Trinajstić information content (AvgIpc) is 3.09. The summed E-state index contributed by atoms with van der Waals surface area (Å²) in [5.41, 5.74) is 0.720. The third-order valence-corrected chi connectivity index (χ3v) is 3.26. The number of carbonyl (C=O) groups is 1. The molecule has 0 spiro atoms. The number of carbonyl (C=O) groups excluding carboxylic acids is 1. The van der Waals surface area contributed by atoms with E-state index in [2.05, 4.69) is 5.32 Å². The molecular formula is C16H19NO5. The molecule has 6 nitrogen and oxygen atoms in total. The van der Waals surface area contributed by atoms with Crippen LogP contribution in [0.5, 0.6) is 5.75 Å². The van der Waals surface area contributed by atoms with Crippen molar-refractivity contribution >= 4 is 11.7 Å². The van der Waals surface area contributed by atoms with Gasteiger partial charge in [-0.1, -0.05) is 12.1 Å². The molecule has 0 saturated carbocycles. The number of anilines is 1. The summed E-state index contributed by atoms with van der Waals surface area (Å²) in [6.07, 6.45) is 0.678. The molecule has 1 heterocycles. The maximum Gasteiger partial charge on any atom is 0.337 e. The number of para-hydroxylation sites is 2. The van der Waals surface area contributed by atoms with Gasteiger partial charge in [0.1, 0.15) is 17.6 Å². The monoisotopic (exact) mass is 305 g/mol. The van der Waals surface area contributed by atoms with Gasteiger partial charge in [-0.15, -0.1) is 0 Å². The molecule has 6 heteroatoms. The number of benzene rings is 1. The van der Waals surface area contributed by atoms with Gasteiger partial charge in [0.05, 0.1) is 26.2 Å². The van der Waals surface area contributed by atoms with Gasteiger partial charge in [0, 0.05) is 7.11 Å². The number of nitrogens with one attached hydrogen (secondary N) is 1. The molecule has 0 bridgehead atoms. The lowest BCUT2D eigenvalue weighted by Gasteiger charge is -2.25. The van der Waals surface area contributed by atoms with Gasteiger partial charge in [-0.25, -0.2) is 4.79 Å². The minimum Gasteiger partial charge on any atom is -0.495 e. The van der Waals surface area contributed by atoms with Gasteiger partial charge < -0.3 is 23.9 Å². The van der Waals surface area contributed by atoms with Crippen LogP contribution in [0, 0.1) is 0 Å². The van der Waals surface area contributed by atoms with E-state index in [0.717, 1.165) is 5.69 Å². The molecule has 1 N–H and O–H groups in total. The van der Waals surface area contributed by atoms with Crippen molar-refractivity contribution in [3.8, 4) is 5.75 Å². The highest BCUT2D eigenvalue weighted by Crippen LogP contribution is 2.31. The van der Waals surface area contributed by atoms with Crippen molar-refractivity contribution in [1.82, 2.24) is 0 Å². The molecule has 0 fully saturated rings. The van der Waals surface area contributed by atoms with Crippen LogP contribution in [0.25, 0.3) is 0 Å². The van der Waals surface area contributed by atoms with Gasteiger partial charge in [-0.2, -0.15) is 0 Å². The van der Waals surface area contributed by atoms with Crippen molar-refractivity contribution in [1.29, 1.82) is 0 Å². The fourth-order valence-corrected chi connectivity index (χ4v) is 2.18. The van der Waals surface area contributed by atoms with E-state index in [1.54, 1.807) is 19.2 Å². The Balaban J connectivity index is 2.35. The molecule has 0 aliphatic heterocycles. The van der Waals surface area contributed by atoms with E-state index in [4.69, 9.17) is 18.6 Å². The third-order valence-electron chi connectivity index (χ3n) is 3.26. The molecule has 118 valence electrons. The Morgan fingerprint density at radius 3 is 2.50 bits per heavy atom. The number of methoxy groups -OCH3 is 3. The number of ether oxygens (including phenoxy) is 3. The first-order valence-electron chi connectivity index (χ1n) is 6.74. The number of hydrogen-bond donors (Lipinski definition) is 1. The average molecular weight is 305 g/mol. The van der Waals surface area contributed by atoms with Crippen molar-refractivity contribution in [2.45, 2.75) is 12.1 Å². The Morgan fingerprint density at radius 2 is 1.91 bits per heavy atom. The molecule has 2 rings (SSSR count). The topological polar surface area (TPSA) is 69.9 Å². The number of hydrogen-bond acceptors (Lipinski definition) is 6. The van der Waals surface area contributed by atoms with Crippen molar-refractivity contribution in [3.63, 3.8) is 0 Å². The Hall–Kier alpha value is -2.47. The lowest BCUT2D eigenvalue weighted by molar-refractivity contribution is -0.153. The normalized spacial score (nSPS) is 13.2. The van der Waals surface area contributed by atoms with Crippen LogP contribution < -0.4 is 10.1 Å². The summed E-state index contributed by atoms with van der Waals surface area (Å²) in [7, 11) is 4.34. The van der Waals surface area contributed by atoms with Crippen LogP contribution >= 0.6 is 0 Å². The van der Waals surface area contributed by atoms with E-state index in [0.29, 0.717) is 11.5 Å². The summed E-state index contributed by atoms with van der Waals surface area (Å²) in [5.74, 6) is 0.716. The molecule has 0 saturated heterocycles. The van der Waals surface area contributed by atoms with Crippen LogP contribution in [0.3, 0.4) is 0 Å². The van der Waals surface area contributed by atoms with Crippen molar-refractivity contribution < 1.29 is 23.4 Å². The number of furan rings is 1. The smallest absolute Gasteiger partial charge is 0.337 e. The standard InChI is InChI=1S/C16H19NO5/c1-19-12-8-5-4-7-11(12)17-14(13-9-6-10-22-13)15(20-2)16(18)21-3/h4-10,14-15,17H,1-3H3/t14-,15+/m1/s1. The van der Waals surface area contributed by atoms with Crippen LogP contribution in [0.15, 0.2) is 47.1 Å². The number of rotatable bonds is 7. The highest BCUT2D eigenvalue weighted by molar-refractivity contribution is 5.76. The first-order chi connectivity index (χ1) is 10.7. The van der Waals surface area contributed by atoms with E-state index >= 15 is 0 Å². The highest BCUT2D eigenvalue weighted by Gasteiger charge is 2.33. The zero-order valence-electron chi connectivity index (χ0n) is 12.7. The molecule has 2 atom stereocenters. The quantitative estimate of drug-likeness (QED) is 0.793. The van der Waals surface area contributed by atoms with E-state index in [-0.39, 0.29) is 0 Å². The molecule has 1 aromatic heterocycles. The summed E-state index contributed by atoms with van der Waals surface area (Å²) in [4.78, 5) is 12.0. The number of esters is 1. The van der Waals surface area contributed by atoms with E-state index < -0.39 is 18.1 Å². The highest BCUT2D eigenvalue weighted by atomic mass is 16.6. The summed E-state index contributed by atoms with van der Waals surface area (Å²) in [5, 5.41) is 3.22. The summed E-state index contributed by atoms with van der Waals surface area (Å²) in [6, 6.07) is 10.4. The first-order valence-corrected chi connectivity index (χ1v) is 6.74. The van der Waals surface area contributed by atoms with Crippen LogP contribution in [0.2, 0.25) is 0 Å². The molecule has 0 radical (unpaired) electrons. The third kappa shape index (κ3) is 3.40. The second-order valence-corrected chi connectivity index (χ2v) is 4.52. The molecule has 22 heavy (non-hydrogen) atoms. The van der Waals surface area contributed by atoms with Crippen LogP contribution in [0.1, 0.15) is 11.8 Å². The van der Waals surface area contributed by atoms with Crippen molar-refractivity contribution in [2.75, 3.05) is 26.6 Å². The summed E-state index contributed by atoms with van der Waals surface area (Å²) in [6.45, 7) is 0. The van der Waals surface area contributed by atoms with E-state index in [9.17, 15) is 4.79 Å². The Bertz CT molecular complexity index is 596. The molecule has 0 unspecified atom stereocenters. The molecular weight excluding hydrogens is 286 g/mol. The molecule has 0 aliphatic rings.